The second-order valence-electron chi connectivity index (χ2n) is 3.82. The highest BCUT2D eigenvalue weighted by Crippen LogP contribution is 2.20. The van der Waals surface area contributed by atoms with E-state index < -0.39 is 23.2 Å². The topological polar surface area (TPSA) is 67.2 Å². The van der Waals surface area contributed by atoms with Crippen LogP contribution in [0.25, 0.3) is 0 Å². The average molecular weight is 267 g/mol. The molecule has 2 aromatic rings. The van der Waals surface area contributed by atoms with Gasteiger partial charge in [0.05, 0.1) is 17.6 Å². The van der Waals surface area contributed by atoms with E-state index >= 15 is 0 Å². The Morgan fingerprint density at radius 3 is 2.79 bits per heavy atom. The molecule has 7 heteroatoms. The zero-order valence-electron chi connectivity index (χ0n) is 9.81. The maximum absolute atomic E-state index is 13.6. The smallest absolute Gasteiger partial charge is 0.338 e. The summed E-state index contributed by atoms with van der Waals surface area (Å²) in [4.78, 5) is 14.5. The fourth-order valence-electron chi connectivity index (χ4n) is 1.59. The molecular formula is C12H11F2N3O2. The van der Waals surface area contributed by atoms with Gasteiger partial charge in [0.25, 0.3) is 0 Å². The van der Waals surface area contributed by atoms with Crippen molar-refractivity contribution in [3.8, 4) is 0 Å². The van der Waals surface area contributed by atoms with Crippen LogP contribution in [0, 0.1) is 11.6 Å². The van der Waals surface area contributed by atoms with Crippen molar-refractivity contribution < 1.29 is 18.7 Å². The van der Waals surface area contributed by atoms with Gasteiger partial charge in [-0.25, -0.2) is 18.6 Å². The number of carbonyl (C=O) groups is 1. The van der Waals surface area contributed by atoms with Gasteiger partial charge in [0.2, 0.25) is 0 Å². The highest BCUT2D eigenvalue weighted by atomic mass is 19.2. The summed E-state index contributed by atoms with van der Waals surface area (Å²) in [6.45, 7) is 0.890. The van der Waals surface area contributed by atoms with Crippen LogP contribution >= 0.6 is 0 Å². The number of hydrogen-bond donors (Lipinski definition) is 2. The van der Waals surface area contributed by atoms with Gasteiger partial charge >= 0.3 is 5.97 Å². The van der Waals surface area contributed by atoms with Gasteiger partial charge in [0.15, 0.2) is 11.6 Å². The van der Waals surface area contributed by atoms with Crippen molar-refractivity contribution in [1.82, 2.24) is 9.55 Å². The molecule has 19 heavy (non-hydrogen) atoms. The first-order valence-electron chi connectivity index (χ1n) is 5.50. The number of nitrogens with zero attached hydrogens (tertiary/aromatic N) is 2. The summed E-state index contributed by atoms with van der Waals surface area (Å²) in [6.07, 6.45) is 4.96. The Bertz CT molecular complexity index is 585. The van der Waals surface area contributed by atoms with Crippen molar-refractivity contribution in [1.29, 1.82) is 0 Å². The number of hydrogen-bond acceptors (Lipinski definition) is 3. The van der Waals surface area contributed by atoms with E-state index in [2.05, 4.69) is 10.3 Å². The molecule has 1 heterocycles. The summed E-state index contributed by atoms with van der Waals surface area (Å²) in [5, 5.41) is 11.3. The highest BCUT2D eigenvalue weighted by Gasteiger charge is 2.17. The van der Waals surface area contributed by atoms with Crippen LogP contribution in [0.1, 0.15) is 10.4 Å². The second-order valence-corrected chi connectivity index (χ2v) is 3.82. The Kier molecular flexibility index (Phi) is 3.74. The third-order valence-corrected chi connectivity index (χ3v) is 2.56. The number of carboxylic acid groups (broad SMARTS) is 1. The molecule has 0 saturated heterocycles. The molecule has 2 rings (SSSR count). The Hall–Kier alpha value is -2.44. The number of carboxylic acids is 1. The van der Waals surface area contributed by atoms with Crippen molar-refractivity contribution in [2.24, 2.45) is 0 Å². The standard InChI is InChI=1S/C12H11F2N3O2/c13-10-8(12(18)19)1-2-9(11(10)14)16-4-6-17-5-3-15-7-17/h1-3,5,7,16H,4,6H2,(H,18,19). The number of benzene rings is 1. The molecule has 0 bridgehead atoms. The SMILES string of the molecule is O=C(O)c1ccc(NCCn2ccnc2)c(F)c1F. The number of aromatic nitrogens is 2. The van der Waals surface area contributed by atoms with E-state index in [0.717, 1.165) is 6.07 Å². The van der Waals surface area contributed by atoms with Crippen LogP contribution in [0.15, 0.2) is 30.9 Å². The van der Waals surface area contributed by atoms with Crippen LogP contribution in [0.5, 0.6) is 0 Å². The van der Waals surface area contributed by atoms with E-state index in [9.17, 15) is 13.6 Å². The first kappa shape index (κ1) is 13.0. The van der Waals surface area contributed by atoms with Crippen molar-refractivity contribution >= 4 is 11.7 Å². The summed E-state index contributed by atoms with van der Waals surface area (Å²) in [5.74, 6) is -4.05. The fraction of sp³-hybridized carbons (Fsp3) is 0.167. The Labute approximate surface area is 107 Å². The fourth-order valence-corrected chi connectivity index (χ4v) is 1.59. The molecule has 0 amide bonds. The van der Waals surface area contributed by atoms with E-state index in [1.807, 2.05) is 0 Å². The molecule has 1 aromatic carbocycles. The molecule has 2 N–H and O–H groups in total. The molecule has 0 saturated carbocycles. The predicted molar refractivity (Wildman–Crippen MR) is 64.0 cm³/mol. The molecule has 0 spiro atoms. The van der Waals surface area contributed by atoms with E-state index in [0.29, 0.717) is 13.1 Å². The number of nitrogens with one attached hydrogen (secondary N) is 1. The molecular weight excluding hydrogens is 256 g/mol. The average Bonchev–Trinajstić information content (AvgIpc) is 2.87. The monoisotopic (exact) mass is 267 g/mol. The van der Waals surface area contributed by atoms with Crippen molar-refractivity contribution in [3.05, 3.63) is 48.1 Å². The molecule has 0 aliphatic carbocycles. The zero-order valence-corrected chi connectivity index (χ0v) is 9.81. The quantitative estimate of drug-likeness (QED) is 0.869. The minimum Gasteiger partial charge on any atom is -0.478 e. The summed E-state index contributed by atoms with van der Waals surface area (Å²) >= 11 is 0. The van der Waals surface area contributed by atoms with Crippen LogP contribution in [0.2, 0.25) is 0 Å². The van der Waals surface area contributed by atoms with Gasteiger partial charge in [0.1, 0.15) is 0 Å². The lowest BCUT2D eigenvalue weighted by Gasteiger charge is -2.09. The van der Waals surface area contributed by atoms with E-state index in [4.69, 9.17) is 5.11 Å². The molecule has 1 aromatic heterocycles. The minimum absolute atomic E-state index is 0.0670. The Morgan fingerprint density at radius 1 is 1.37 bits per heavy atom. The van der Waals surface area contributed by atoms with E-state index in [1.54, 1.807) is 23.3 Å². The number of anilines is 1. The first-order chi connectivity index (χ1) is 9.09. The highest BCUT2D eigenvalue weighted by molar-refractivity contribution is 5.88. The lowest BCUT2D eigenvalue weighted by Crippen LogP contribution is -2.12. The van der Waals surface area contributed by atoms with Gasteiger partial charge in [-0.2, -0.15) is 0 Å². The van der Waals surface area contributed by atoms with Crippen LogP contribution in [0.4, 0.5) is 14.5 Å². The predicted octanol–water partition coefficient (Wildman–Crippen LogP) is 1.97. The molecule has 0 fully saturated rings. The van der Waals surface area contributed by atoms with Crippen molar-refractivity contribution in [2.75, 3.05) is 11.9 Å². The summed E-state index contributed by atoms with van der Waals surface area (Å²) < 4.78 is 28.7. The first-order valence-corrected chi connectivity index (χ1v) is 5.50. The van der Waals surface area contributed by atoms with Crippen molar-refractivity contribution in [3.63, 3.8) is 0 Å². The van der Waals surface area contributed by atoms with Gasteiger partial charge < -0.3 is 15.0 Å². The molecule has 100 valence electrons. The summed E-state index contributed by atoms with van der Waals surface area (Å²) in [7, 11) is 0. The third kappa shape index (κ3) is 2.87. The lowest BCUT2D eigenvalue weighted by atomic mass is 10.2. The summed E-state index contributed by atoms with van der Waals surface area (Å²) in [6, 6.07) is 2.23. The number of halogens is 2. The second kappa shape index (κ2) is 5.47. The maximum Gasteiger partial charge on any atom is 0.338 e. The molecule has 0 aliphatic heterocycles. The maximum atomic E-state index is 13.6. The van der Waals surface area contributed by atoms with Crippen LogP contribution in [0.3, 0.4) is 0 Å². The molecule has 0 atom stereocenters. The normalized spacial score (nSPS) is 10.4. The largest absolute Gasteiger partial charge is 0.478 e. The minimum atomic E-state index is -1.50. The van der Waals surface area contributed by atoms with Gasteiger partial charge in [-0.15, -0.1) is 0 Å². The van der Waals surface area contributed by atoms with Gasteiger partial charge in [-0.05, 0) is 12.1 Å². The Morgan fingerprint density at radius 2 is 2.16 bits per heavy atom. The van der Waals surface area contributed by atoms with Gasteiger partial charge in [-0.1, -0.05) is 0 Å². The van der Waals surface area contributed by atoms with Gasteiger partial charge in [0, 0.05) is 25.5 Å². The van der Waals surface area contributed by atoms with Crippen LogP contribution in [-0.2, 0) is 6.54 Å². The molecule has 0 aliphatic rings. The van der Waals surface area contributed by atoms with E-state index in [1.165, 1.54) is 6.07 Å². The van der Waals surface area contributed by atoms with Crippen LogP contribution < -0.4 is 5.32 Å². The number of imidazole rings is 1. The number of aromatic carboxylic acids is 1. The van der Waals surface area contributed by atoms with Crippen LogP contribution in [-0.4, -0.2) is 27.2 Å². The van der Waals surface area contributed by atoms with Gasteiger partial charge in [-0.3, -0.25) is 0 Å². The zero-order chi connectivity index (χ0) is 13.8. The Balaban J connectivity index is 2.05. The lowest BCUT2D eigenvalue weighted by molar-refractivity contribution is 0.0690. The summed E-state index contributed by atoms with van der Waals surface area (Å²) in [5.41, 5.74) is -0.750. The third-order valence-electron chi connectivity index (χ3n) is 2.56. The molecule has 0 radical (unpaired) electrons. The molecule has 0 unspecified atom stereocenters. The molecule has 5 nitrogen and oxygen atoms in total. The van der Waals surface area contributed by atoms with E-state index in [-0.39, 0.29) is 5.69 Å². The number of rotatable bonds is 5. The van der Waals surface area contributed by atoms with Crippen molar-refractivity contribution in [2.45, 2.75) is 6.54 Å².